The van der Waals surface area contributed by atoms with Crippen LogP contribution in [0, 0.1) is 0 Å². The number of piperidine rings is 1. The van der Waals surface area contributed by atoms with Crippen LogP contribution in [0.1, 0.15) is 26.2 Å². The predicted molar refractivity (Wildman–Crippen MR) is 122 cm³/mol. The number of benzene rings is 1. The van der Waals surface area contributed by atoms with Gasteiger partial charge in [-0.3, -0.25) is 14.6 Å². The van der Waals surface area contributed by atoms with Crippen molar-refractivity contribution in [3.8, 4) is 0 Å². The molecule has 11 nitrogen and oxygen atoms in total. The molecule has 1 aliphatic heterocycles. The fourth-order valence-corrected chi connectivity index (χ4v) is 5.94. The van der Waals surface area contributed by atoms with Crippen molar-refractivity contribution in [1.29, 1.82) is 0 Å². The predicted octanol–water partition coefficient (Wildman–Crippen LogP) is 1.52. The van der Waals surface area contributed by atoms with E-state index in [9.17, 15) is 18.0 Å². The lowest BCUT2D eigenvalue weighted by atomic mass is 10.1. The number of rotatable bonds is 6. The molecule has 1 atom stereocenters. The van der Waals surface area contributed by atoms with Crippen molar-refractivity contribution in [2.45, 2.75) is 42.3 Å². The van der Waals surface area contributed by atoms with Crippen molar-refractivity contribution in [2.75, 3.05) is 23.3 Å². The second-order valence-electron chi connectivity index (χ2n) is 7.51. The number of nitrogens with two attached hydrogens (primary N) is 1. The molecule has 0 radical (unpaired) electrons. The van der Waals surface area contributed by atoms with Gasteiger partial charge in [-0.15, -0.1) is 0 Å². The molecule has 32 heavy (non-hydrogen) atoms. The van der Waals surface area contributed by atoms with Gasteiger partial charge in [0, 0.05) is 18.3 Å². The minimum atomic E-state index is -3.56. The van der Waals surface area contributed by atoms with Gasteiger partial charge in [0.1, 0.15) is 0 Å². The highest BCUT2D eigenvalue weighted by molar-refractivity contribution is 7.99. The molecule has 0 spiro atoms. The lowest BCUT2D eigenvalue weighted by Gasteiger charge is -2.32. The van der Waals surface area contributed by atoms with E-state index in [0.717, 1.165) is 31.0 Å². The Morgan fingerprint density at radius 1 is 1.25 bits per heavy atom. The Hall–Kier alpha value is -2.90. The van der Waals surface area contributed by atoms with Crippen LogP contribution in [0.25, 0.3) is 11.2 Å². The SMILES string of the molecule is CC1CCCCN1S(=O)(=O)c1ccc(NC(=O)CSc2nc3nc(N)[nH]c(=O)c3[nH]2)cc1. The van der Waals surface area contributed by atoms with Crippen molar-refractivity contribution in [3.05, 3.63) is 34.6 Å². The number of carbonyl (C=O) groups is 1. The van der Waals surface area contributed by atoms with Gasteiger partial charge in [-0.05, 0) is 44.0 Å². The number of nitrogens with zero attached hydrogens (tertiary/aromatic N) is 3. The summed E-state index contributed by atoms with van der Waals surface area (Å²) in [6.07, 6.45) is 2.75. The van der Waals surface area contributed by atoms with Crippen molar-refractivity contribution in [1.82, 2.24) is 24.2 Å². The van der Waals surface area contributed by atoms with E-state index < -0.39 is 15.6 Å². The van der Waals surface area contributed by atoms with Gasteiger partial charge >= 0.3 is 0 Å². The summed E-state index contributed by atoms with van der Waals surface area (Å²) in [5, 5.41) is 3.08. The van der Waals surface area contributed by atoms with Gasteiger partial charge < -0.3 is 16.0 Å². The third kappa shape index (κ3) is 4.64. The topological polar surface area (TPSA) is 167 Å². The number of nitrogens with one attached hydrogen (secondary N) is 3. The van der Waals surface area contributed by atoms with Gasteiger partial charge in [0.2, 0.25) is 21.9 Å². The molecular weight excluding hydrogens is 454 g/mol. The minimum Gasteiger partial charge on any atom is -0.369 e. The number of imidazole rings is 1. The largest absolute Gasteiger partial charge is 0.369 e. The van der Waals surface area contributed by atoms with Crippen LogP contribution in [0.5, 0.6) is 0 Å². The summed E-state index contributed by atoms with van der Waals surface area (Å²) in [7, 11) is -3.56. The third-order valence-corrected chi connectivity index (χ3v) is 8.09. The molecule has 1 amide bonds. The summed E-state index contributed by atoms with van der Waals surface area (Å²) in [6, 6.07) is 6.11. The second kappa shape index (κ2) is 8.92. The zero-order chi connectivity index (χ0) is 22.9. The van der Waals surface area contributed by atoms with Crippen LogP contribution in [0.2, 0.25) is 0 Å². The molecule has 2 aromatic heterocycles. The number of anilines is 2. The summed E-state index contributed by atoms with van der Waals surface area (Å²) < 4.78 is 27.3. The first-order chi connectivity index (χ1) is 15.2. The van der Waals surface area contributed by atoms with Gasteiger partial charge in [-0.1, -0.05) is 18.2 Å². The van der Waals surface area contributed by atoms with Gasteiger partial charge in [0.25, 0.3) is 5.56 Å². The number of carbonyl (C=O) groups excluding carboxylic acids is 1. The summed E-state index contributed by atoms with van der Waals surface area (Å²) in [5.74, 6) is -0.320. The lowest BCUT2D eigenvalue weighted by Crippen LogP contribution is -2.41. The molecular formula is C19H23N7O4S2. The van der Waals surface area contributed by atoms with Crippen LogP contribution >= 0.6 is 11.8 Å². The first-order valence-corrected chi connectivity index (χ1v) is 12.5. The Labute approximate surface area is 188 Å². The normalized spacial score (nSPS) is 17.5. The van der Waals surface area contributed by atoms with Gasteiger partial charge in [0.15, 0.2) is 16.3 Å². The van der Waals surface area contributed by atoms with Crippen LogP contribution in [0.15, 0.2) is 39.1 Å². The molecule has 13 heteroatoms. The van der Waals surface area contributed by atoms with E-state index in [0.29, 0.717) is 17.4 Å². The highest BCUT2D eigenvalue weighted by Crippen LogP contribution is 2.26. The van der Waals surface area contributed by atoms with Crippen molar-refractivity contribution in [2.24, 2.45) is 0 Å². The van der Waals surface area contributed by atoms with E-state index >= 15 is 0 Å². The Balaban J connectivity index is 1.38. The second-order valence-corrected chi connectivity index (χ2v) is 10.4. The fourth-order valence-electron chi connectivity index (χ4n) is 3.58. The first kappa shape index (κ1) is 22.3. The molecule has 1 aliphatic rings. The molecule has 170 valence electrons. The Bertz CT molecular complexity index is 1300. The van der Waals surface area contributed by atoms with E-state index in [2.05, 4.69) is 25.3 Å². The van der Waals surface area contributed by atoms with E-state index in [-0.39, 0.29) is 39.7 Å². The van der Waals surface area contributed by atoms with Crippen molar-refractivity contribution >= 4 is 50.5 Å². The fraction of sp³-hybridized carbons (Fsp3) is 0.368. The van der Waals surface area contributed by atoms with Crippen LogP contribution in [0.4, 0.5) is 11.6 Å². The van der Waals surface area contributed by atoms with E-state index in [4.69, 9.17) is 5.73 Å². The van der Waals surface area contributed by atoms with E-state index in [1.165, 1.54) is 12.1 Å². The number of H-pyrrole nitrogens is 2. The van der Waals surface area contributed by atoms with Gasteiger partial charge in [0.05, 0.1) is 10.6 Å². The highest BCUT2D eigenvalue weighted by atomic mass is 32.2. The van der Waals surface area contributed by atoms with E-state index in [1.807, 2.05) is 6.92 Å². The average molecular weight is 478 g/mol. The molecule has 0 aliphatic carbocycles. The third-order valence-electron chi connectivity index (χ3n) is 5.18. The zero-order valence-electron chi connectivity index (χ0n) is 17.3. The number of aromatic nitrogens is 4. The first-order valence-electron chi connectivity index (χ1n) is 10.0. The van der Waals surface area contributed by atoms with E-state index in [1.54, 1.807) is 16.4 Å². The Kier molecular flexibility index (Phi) is 6.22. The molecule has 0 saturated carbocycles. The molecule has 3 heterocycles. The van der Waals surface area contributed by atoms with Crippen molar-refractivity contribution in [3.63, 3.8) is 0 Å². The Morgan fingerprint density at radius 3 is 2.72 bits per heavy atom. The maximum absolute atomic E-state index is 12.9. The summed E-state index contributed by atoms with van der Waals surface area (Å²) >= 11 is 1.10. The Morgan fingerprint density at radius 2 is 2.00 bits per heavy atom. The number of hydrogen-bond acceptors (Lipinski definition) is 8. The molecule has 1 fully saturated rings. The highest BCUT2D eigenvalue weighted by Gasteiger charge is 2.30. The lowest BCUT2D eigenvalue weighted by molar-refractivity contribution is -0.113. The van der Waals surface area contributed by atoms with Gasteiger partial charge in [-0.2, -0.15) is 9.29 Å². The molecule has 3 aromatic rings. The molecule has 1 unspecified atom stereocenters. The smallest absolute Gasteiger partial charge is 0.278 e. The number of thioether (sulfide) groups is 1. The molecule has 0 bridgehead atoms. The monoisotopic (exact) mass is 477 g/mol. The van der Waals surface area contributed by atoms with Gasteiger partial charge in [-0.25, -0.2) is 13.4 Å². The van der Waals surface area contributed by atoms with Crippen LogP contribution in [0.3, 0.4) is 0 Å². The van der Waals surface area contributed by atoms with Crippen LogP contribution < -0.4 is 16.6 Å². The molecule has 4 rings (SSSR count). The minimum absolute atomic E-state index is 0.0226. The summed E-state index contributed by atoms with van der Waals surface area (Å²) in [6.45, 7) is 2.45. The number of nitrogen functional groups attached to an aromatic ring is 1. The number of aromatic amines is 2. The molecule has 1 saturated heterocycles. The maximum Gasteiger partial charge on any atom is 0.278 e. The molecule has 5 N–H and O–H groups in total. The van der Waals surface area contributed by atoms with Crippen molar-refractivity contribution < 1.29 is 13.2 Å². The summed E-state index contributed by atoms with van der Waals surface area (Å²) in [5.41, 5.74) is 5.90. The number of hydrogen-bond donors (Lipinski definition) is 4. The maximum atomic E-state index is 12.9. The standard InChI is InChI=1S/C19H23N7O4S2/c1-11-4-2-3-9-26(11)32(29,30)13-7-5-12(6-8-13)21-14(27)10-31-19-22-15-16(24-19)23-18(20)25-17(15)28/h5-8,11H,2-4,9-10H2,1H3,(H,21,27)(H4,20,22,23,24,25,28). The average Bonchev–Trinajstić information content (AvgIpc) is 3.16. The number of sulfonamides is 1. The zero-order valence-corrected chi connectivity index (χ0v) is 18.9. The number of amides is 1. The molecule has 1 aromatic carbocycles. The van der Waals surface area contributed by atoms with Crippen LogP contribution in [-0.4, -0.2) is 56.9 Å². The summed E-state index contributed by atoms with van der Waals surface area (Å²) in [4.78, 5) is 37.6. The quantitative estimate of drug-likeness (QED) is 0.388. The van der Waals surface area contributed by atoms with Crippen LogP contribution in [-0.2, 0) is 14.8 Å². The number of fused-ring (bicyclic) bond motifs is 1.